The van der Waals surface area contributed by atoms with E-state index < -0.39 is 11.9 Å². The van der Waals surface area contributed by atoms with Crippen LogP contribution in [0.25, 0.3) is 0 Å². The van der Waals surface area contributed by atoms with Crippen molar-refractivity contribution >= 4 is 11.6 Å². The Hall–Kier alpha value is -1.58. The van der Waals surface area contributed by atoms with Crippen LogP contribution in [0.5, 0.6) is 5.75 Å². The van der Waals surface area contributed by atoms with Crippen molar-refractivity contribution in [3.63, 3.8) is 0 Å². The SMILES string of the molecule is COc1ccccc1CC(O)Cc1ccc(Cl)c(F)c1. The van der Waals surface area contributed by atoms with Crippen molar-refractivity contribution in [2.75, 3.05) is 7.11 Å². The molecule has 1 N–H and O–H groups in total. The van der Waals surface area contributed by atoms with Crippen molar-refractivity contribution < 1.29 is 14.2 Å². The second-order valence-electron chi connectivity index (χ2n) is 4.62. The van der Waals surface area contributed by atoms with Crippen molar-refractivity contribution in [2.45, 2.75) is 18.9 Å². The minimum atomic E-state index is -0.605. The smallest absolute Gasteiger partial charge is 0.142 e. The van der Waals surface area contributed by atoms with Crippen LogP contribution in [0.15, 0.2) is 42.5 Å². The molecule has 1 unspecified atom stereocenters. The van der Waals surface area contributed by atoms with Crippen LogP contribution in [-0.2, 0) is 12.8 Å². The van der Waals surface area contributed by atoms with Gasteiger partial charge in [-0.25, -0.2) is 4.39 Å². The second kappa shape index (κ2) is 6.73. The quantitative estimate of drug-likeness (QED) is 0.912. The monoisotopic (exact) mass is 294 g/mol. The lowest BCUT2D eigenvalue weighted by atomic mass is 10.0. The number of hydrogen-bond acceptors (Lipinski definition) is 2. The first-order chi connectivity index (χ1) is 9.60. The molecule has 0 fully saturated rings. The van der Waals surface area contributed by atoms with E-state index in [0.29, 0.717) is 18.4 Å². The van der Waals surface area contributed by atoms with Gasteiger partial charge >= 0.3 is 0 Å². The lowest BCUT2D eigenvalue weighted by Crippen LogP contribution is -2.14. The van der Waals surface area contributed by atoms with Crippen molar-refractivity contribution in [2.24, 2.45) is 0 Å². The molecule has 0 amide bonds. The number of ether oxygens (including phenoxy) is 1. The van der Waals surface area contributed by atoms with Crippen molar-refractivity contribution in [3.8, 4) is 5.75 Å². The topological polar surface area (TPSA) is 29.5 Å². The summed E-state index contributed by atoms with van der Waals surface area (Å²) in [7, 11) is 1.60. The highest BCUT2D eigenvalue weighted by Crippen LogP contribution is 2.21. The van der Waals surface area contributed by atoms with E-state index in [1.54, 1.807) is 13.2 Å². The van der Waals surface area contributed by atoms with Gasteiger partial charge in [0.15, 0.2) is 0 Å². The minimum Gasteiger partial charge on any atom is -0.496 e. The molecule has 0 spiro atoms. The average molecular weight is 295 g/mol. The maximum Gasteiger partial charge on any atom is 0.142 e. The predicted octanol–water partition coefficient (Wildman–Crippen LogP) is 3.63. The third-order valence-electron chi connectivity index (χ3n) is 3.10. The lowest BCUT2D eigenvalue weighted by Gasteiger charge is -2.13. The Morgan fingerprint density at radius 3 is 2.65 bits per heavy atom. The number of aliphatic hydroxyl groups excluding tert-OH is 1. The first kappa shape index (κ1) is 14.8. The van der Waals surface area contributed by atoms with E-state index in [1.807, 2.05) is 24.3 Å². The summed E-state index contributed by atoms with van der Waals surface area (Å²) in [4.78, 5) is 0. The average Bonchev–Trinajstić information content (AvgIpc) is 2.43. The van der Waals surface area contributed by atoms with Gasteiger partial charge < -0.3 is 9.84 Å². The van der Waals surface area contributed by atoms with E-state index in [2.05, 4.69) is 0 Å². The molecule has 0 aliphatic rings. The van der Waals surface area contributed by atoms with Crippen LogP contribution >= 0.6 is 11.6 Å². The molecule has 0 aliphatic heterocycles. The maximum atomic E-state index is 13.3. The zero-order valence-electron chi connectivity index (χ0n) is 11.1. The molecule has 0 saturated heterocycles. The number of aliphatic hydroxyl groups is 1. The van der Waals surface area contributed by atoms with Gasteiger partial charge in [-0.3, -0.25) is 0 Å². The Morgan fingerprint density at radius 2 is 1.95 bits per heavy atom. The van der Waals surface area contributed by atoms with Crippen molar-refractivity contribution in [1.29, 1.82) is 0 Å². The Balaban J connectivity index is 2.05. The molecule has 106 valence electrons. The summed E-state index contributed by atoms with van der Waals surface area (Å²) in [5.74, 6) is 0.280. The molecule has 0 aromatic heterocycles. The van der Waals surface area contributed by atoms with Crippen LogP contribution in [0.4, 0.5) is 4.39 Å². The number of methoxy groups -OCH3 is 1. The first-order valence-electron chi connectivity index (χ1n) is 6.34. The molecular weight excluding hydrogens is 279 g/mol. The molecule has 1 atom stereocenters. The van der Waals surface area contributed by atoms with Gasteiger partial charge in [0.25, 0.3) is 0 Å². The van der Waals surface area contributed by atoms with Gasteiger partial charge in [-0.2, -0.15) is 0 Å². The molecule has 4 heteroatoms. The third-order valence-corrected chi connectivity index (χ3v) is 3.41. The van der Waals surface area contributed by atoms with E-state index in [1.165, 1.54) is 12.1 Å². The summed E-state index contributed by atoms with van der Waals surface area (Å²) >= 11 is 5.63. The van der Waals surface area contributed by atoms with Crippen LogP contribution in [0.3, 0.4) is 0 Å². The first-order valence-corrected chi connectivity index (χ1v) is 6.72. The number of benzene rings is 2. The summed E-state index contributed by atoms with van der Waals surface area (Å²) < 4.78 is 18.6. The molecule has 2 rings (SSSR count). The minimum absolute atomic E-state index is 0.0907. The van der Waals surface area contributed by atoms with Crippen LogP contribution in [0.1, 0.15) is 11.1 Å². The lowest BCUT2D eigenvalue weighted by molar-refractivity contribution is 0.174. The maximum absolute atomic E-state index is 13.3. The van der Waals surface area contributed by atoms with Crippen molar-refractivity contribution in [1.82, 2.24) is 0 Å². The van der Waals surface area contributed by atoms with Gasteiger partial charge in [0, 0.05) is 6.42 Å². The van der Waals surface area contributed by atoms with Gasteiger partial charge in [-0.05, 0) is 35.7 Å². The Morgan fingerprint density at radius 1 is 1.20 bits per heavy atom. The van der Waals surface area contributed by atoms with Gasteiger partial charge in [0.05, 0.1) is 18.2 Å². The van der Waals surface area contributed by atoms with Gasteiger partial charge in [0.2, 0.25) is 0 Å². The molecule has 0 bridgehead atoms. The van der Waals surface area contributed by atoms with Crippen LogP contribution in [-0.4, -0.2) is 18.3 Å². The van der Waals surface area contributed by atoms with E-state index in [9.17, 15) is 9.50 Å². The molecular formula is C16H16ClFO2. The van der Waals surface area contributed by atoms with E-state index in [4.69, 9.17) is 16.3 Å². The zero-order valence-corrected chi connectivity index (χ0v) is 11.9. The Kier molecular flexibility index (Phi) is 4.99. The number of rotatable bonds is 5. The summed E-state index contributed by atoms with van der Waals surface area (Å²) in [6.07, 6.45) is 0.215. The van der Waals surface area contributed by atoms with E-state index in [0.717, 1.165) is 11.3 Å². The third kappa shape index (κ3) is 3.71. The van der Waals surface area contributed by atoms with E-state index in [-0.39, 0.29) is 5.02 Å². The van der Waals surface area contributed by atoms with Gasteiger partial charge in [-0.15, -0.1) is 0 Å². The fourth-order valence-corrected chi connectivity index (χ4v) is 2.25. The molecule has 2 aromatic rings. The normalized spacial score (nSPS) is 12.2. The fraction of sp³-hybridized carbons (Fsp3) is 0.250. The standard InChI is InChI=1S/C16H16ClFO2/c1-20-16-5-3-2-4-12(16)10-13(19)8-11-6-7-14(17)15(18)9-11/h2-7,9,13,19H,8,10H2,1H3. The Bertz CT molecular complexity index is 586. The van der Waals surface area contributed by atoms with Gasteiger partial charge in [0.1, 0.15) is 11.6 Å². The molecule has 2 aromatic carbocycles. The predicted molar refractivity (Wildman–Crippen MR) is 77.8 cm³/mol. The summed E-state index contributed by atoms with van der Waals surface area (Å²) in [5, 5.41) is 10.2. The fourth-order valence-electron chi connectivity index (χ4n) is 2.14. The highest BCUT2D eigenvalue weighted by Gasteiger charge is 2.11. The summed E-state index contributed by atoms with van der Waals surface area (Å²) in [6, 6.07) is 12.1. The highest BCUT2D eigenvalue weighted by molar-refractivity contribution is 6.30. The summed E-state index contributed by atoms with van der Waals surface area (Å²) in [6.45, 7) is 0. The number of halogens is 2. The van der Waals surface area contributed by atoms with Crippen LogP contribution in [0, 0.1) is 5.82 Å². The van der Waals surface area contributed by atoms with Crippen LogP contribution < -0.4 is 4.74 Å². The number of hydrogen-bond donors (Lipinski definition) is 1. The zero-order chi connectivity index (χ0) is 14.5. The van der Waals surface area contributed by atoms with Crippen molar-refractivity contribution in [3.05, 3.63) is 64.4 Å². The van der Waals surface area contributed by atoms with E-state index >= 15 is 0 Å². The Labute approximate surface area is 122 Å². The second-order valence-corrected chi connectivity index (χ2v) is 5.03. The highest BCUT2D eigenvalue weighted by atomic mass is 35.5. The molecule has 2 nitrogen and oxygen atoms in total. The molecule has 0 radical (unpaired) electrons. The summed E-state index contributed by atoms with van der Waals surface area (Å²) in [5.41, 5.74) is 1.64. The molecule has 0 heterocycles. The number of para-hydroxylation sites is 1. The van der Waals surface area contributed by atoms with Gasteiger partial charge in [-0.1, -0.05) is 35.9 Å². The molecule has 20 heavy (non-hydrogen) atoms. The van der Waals surface area contributed by atoms with Crippen LogP contribution in [0.2, 0.25) is 5.02 Å². The molecule has 0 aliphatic carbocycles. The molecule has 0 saturated carbocycles. The largest absolute Gasteiger partial charge is 0.496 e.